The van der Waals surface area contributed by atoms with Gasteiger partial charge in [-0.3, -0.25) is 9.78 Å². The number of amides is 1. The van der Waals surface area contributed by atoms with Crippen LogP contribution in [0.15, 0.2) is 28.9 Å². The van der Waals surface area contributed by atoms with E-state index in [2.05, 4.69) is 34.6 Å². The van der Waals surface area contributed by atoms with E-state index in [9.17, 15) is 4.79 Å². The van der Waals surface area contributed by atoms with Gasteiger partial charge in [0.1, 0.15) is 11.5 Å². The average molecular weight is 274 g/mol. The molecule has 0 saturated heterocycles. The normalized spacial score (nSPS) is 10.6. The second kappa shape index (κ2) is 6.18. The Bertz CT molecular complexity index is 592. The van der Waals surface area contributed by atoms with E-state index in [1.807, 2.05) is 6.07 Å². The van der Waals surface area contributed by atoms with Crippen LogP contribution >= 0.6 is 0 Å². The van der Waals surface area contributed by atoms with Crippen molar-refractivity contribution >= 4 is 17.4 Å². The number of pyridine rings is 1. The van der Waals surface area contributed by atoms with E-state index in [1.165, 1.54) is 0 Å². The highest BCUT2D eigenvalue weighted by Gasteiger charge is 2.10. The molecule has 0 aliphatic rings. The van der Waals surface area contributed by atoms with Gasteiger partial charge in [-0.1, -0.05) is 19.0 Å². The summed E-state index contributed by atoms with van der Waals surface area (Å²) in [6, 6.07) is 5.20. The molecule has 0 unspecified atom stereocenters. The summed E-state index contributed by atoms with van der Waals surface area (Å²) < 4.78 is 4.89. The summed E-state index contributed by atoms with van der Waals surface area (Å²) >= 11 is 0. The van der Waals surface area contributed by atoms with Crippen molar-refractivity contribution in [2.45, 2.75) is 20.8 Å². The van der Waals surface area contributed by atoms with Gasteiger partial charge in [0.25, 0.3) is 5.91 Å². The Morgan fingerprint density at radius 1 is 1.40 bits per heavy atom. The lowest BCUT2D eigenvalue weighted by Gasteiger charge is -2.09. The van der Waals surface area contributed by atoms with Gasteiger partial charge < -0.3 is 15.2 Å². The molecule has 2 aromatic rings. The summed E-state index contributed by atoms with van der Waals surface area (Å²) in [5.41, 5.74) is 1.20. The number of carbonyl (C=O) groups excluding carboxylic acids is 1. The van der Waals surface area contributed by atoms with Crippen LogP contribution in [0, 0.1) is 12.8 Å². The third kappa shape index (κ3) is 3.81. The number of aryl methyl sites for hydroxylation is 1. The maximum Gasteiger partial charge on any atom is 0.275 e. The monoisotopic (exact) mass is 274 g/mol. The van der Waals surface area contributed by atoms with Crippen LogP contribution in [0.2, 0.25) is 0 Å². The minimum Gasteiger partial charge on any atom is -0.385 e. The van der Waals surface area contributed by atoms with Gasteiger partial charge in [0.15, 0.2) is 5.82 Å². The van der Waals surface area contributed by atoms with Crippen LogP contribution in [0.3, 0.4) is 0 Å². The van der Waals surface area contributed by atoms with Crippen molar-refractivity contribution in [1.82, 2.24) is 10.1 Å². The van der Waals surface area contributed by atoms with Gasteiger partial charge in [0.05, 0.1) is 0 Å². The molecule has 2 heterocycles. The molecule has 0 atom stereocenters. The maximum atomic E-state index is 12.0. The maximum absolute atomic E-state index is 12.0. The molecule has 2 rings (SSSR count). The smallest absolute Gasteiger partial charge is 0.275 e. The molecule has 2 N–H and O–H groups in total. The van der Waals surface area contributed by atoms with Crippen LogP contribution in [-0.4, -0.2) is 22.6 Å². The Kier molecular flexibility index (Phi) is 4.34. The molecule has 0 fully saturated rings. The van der Waals surface area contributed by atoms with Crippen LogP contribution in [0.5, 0.6) is 0 Å². The fourth-order valence-corrected chi connectivity index (χ4v) is 1.59. The van der Waals surface area contributed by atoms with Gasteiger partial charge in [-0.05, 0) is 25.0 Å². The first-order valence-corrected chi connectivity index (χ1v) is 6.49. The molecule has 0 saturated carbocycles. The first-order chi connectivity index (χ1) is 9.54. The standard InChI is InChI=1S/C14H18N4O2/c1-9(2)8-16-11-4-5-15-12(7-11)14(19)17-13-6-10(3)20-18-13/h4-7,9H,8H2,1-3H3,(H,15,16)(H,17,18,19). The van der Waals surface area contributed by atoms with E-state index in [0.29, 0.717) is 23.2 Å². The Balaban J connectivity index is 2.04. The molecule has 106 valence electrons. The number of anilines is 2. The Labute approximate surface area is 117 Å². The molecule has 6 nitrogen and oxygen atoms in total. The summed E-state index contributed by atoms with van der Waals surface area (Å²) in [6.07, 6.45) is 1.60. The molecule has 0 radical (unpaired) electrons. The van der Waals surface area contributed by atoms with E-state index >= 15 is 0 Å². The van der Waals surface area contributed by atoms with Gasteiger partial charge in [-0.15, -0.1) is 0 Å². The van der Waals surface area contributed by atoms with Gasteiger partial charge >= 0.3 is 0 Å². The molecule has 0 aliphatic heterocycles. The number of rotatable bonds is 5. The zero-order chi connectivity index (χ0) is 14.5. The first kappa shape index (κ1) is 14.0. The highest BCUT2D eigenvalue weighted by Crippen LogP contribution is 2.12. The molecule has 0 bridgehead atoms. The zero-order valence-corrected chi connectivity index (χ0v) is 11.8. The number of hydrogen-bond acceptors (Lipinski definition) is 5. The van der Waals surface area contributed by atoms with Crippen LogP contribution in [0.1, 0.15) is 30.1 Å². The SMILES string of the molecule is Cc1cc(NC(=O)c2cc(NCC(C)C)ccn2)no1. The van der Waals surface area contributed by atoms with E-state index in [4.69, 9.17) is 4.52 Å². The fourth-order valence-electron chi connectivity index (χ4n) is 1.59. The first-order valence-electron chi connectivity index (χ1n) is 6.49. The molecule has 0 spiro atoms. The molecule has 6 heteroatoms. The molecular weight excluding hydrogens is 256 g/mol. The molecular formula is C14H18N4O2. The second-order valence-electron chi connectivity index (χ2n) is 4.98. The van der Waals surface area contributed by atoms with Crippen molar-refractivity contribution in [3.63, 3.8) is 0 Å². The third-order valence-electron chi connectivity index (χ3n) is 2.58. The molecule has 0 aliphatic carbocycles. The Morgan fingerprint density at radius 2 is 2.20 bits per heavy atom. The topological polar surface area (TPSA) is 80.0 Å². The van der Waals surface area contributed by atoms with E-state index in [1.54, 1.807) is 25.3 Å². The van der Waals surface area contributed by atoms with E-state index in [0.717, 1.165) is 12.2 Å². The van der Waals surface area contributed by atoms with E-state index in [-0.39, 0.29) is 5.91 Å². The highest BCUT2D eigenvalue weighted by atomic mass is 16.5. The summed E-state index contributed by atoms with van der Waals surface area (Å²) in [7, 11) is 0. The highest BCUT2D eigenvalue weighted by molar-refractivity contribution is 6.02. The lowest BCUT2D eigenvalue weighted by atomic mass is 10.2. The fraction of sp³-hybridized carbons (Fsp3) is 0.357. The lowest BCUT2D eigenvalue weighted by Crippen LogP contribution is -2.15. The Hall–Kier alpha value is -2.37. The number of carbonyl (C=O) groups is 1. The van der Waals surface area contributed by atoms with Gasteiger partial charge in [0.2, 0.25) is 0 Å². The number of aromatic nitrogens is 2. The van der Waals surface area contributed by atoms with Crippen molar-refractivity contribution in [2.75, 3.05) is 17.2 Å². The van der Waals surface area contributed by atoms with Crippen LogP contribution in [0.25, 0.3) is 0 Å². The molecule has 1 amide bonds. The number of nitrogens with one attached hydrogen (secondary N) is 2. The van der Waals surface area contributed by atoms with Crippen molar-refractivity contribution in [3.8, 4) is 0 Å². The summed E-state index contributed by atoms with van der Waals surface area (Å²) in [5.74, 6) is 1.24. The quantitative estimate of drug-likeness (QED) is 0.876. The summed E-state index contributed by atoms with van der Waals surface area (Å²) in [6.45, 7) is 6.84. The molecule has 0 aromatic carbocycles. The van der Waals surface area contributed by atoms with Crippen LogP contribution < -0.4 is 10.6 Å². The number of hydrogen-bond donors (Lipinski definition) is 2. The van der Waals surface area contributed by atoms with Gasteiger partial charge in [0, 0.05) is 24.5 Å². The predicted octanol–water partition coefficient (Wildman–Crippen LogP) is 2.70. The minimum absolute atomic E-state index is 0.313. The van der Waals surface area contributed by atoms with Crippen molar-refractivity contribution < 1.29 is 9.32 Å². The average Bonchev–Trinajstić information content (AvgIpc) is 2.82. The van der Waals surface area contributed by atoms with Crippen molar-refractivity contribution in [2.24, 2.45) is 5.92 Å². The van der Waals surface area contributed by atoms with Crippen LogP contribution in [0.4, 0.5) is 11.5 Å². The minimum atomic E-state index is -0.313. The largest absolute Gasteiger partial charge is 0.385 e. The Morgan fingerprint density at radius 3 is 2.85 bits per heavy atom. The lowest BCUT2D eigenvalue weighted by molar-refractivity contribution is 0.102. The van der Waals surface area contributed by atoms with Crippen molar-refractivity contribution in [1.29, 1.82) is 0 Å². The van der Waals surface area contributed by atoms with Crippen LogP contribution in [-0.2, 0) is 0 Å². The zero-order valence-electron chi connectivity index (χ0n) is 11.8. The summed E-state index contributed by atoms with van der Waals surface area (Å²) in [4.78, 5) is 16.1. The summed E-state index contributed by atoms with van der Waals surface area (Å²) in [5, 5.41) is 9.60. The third-order valence-corrected chi connectivity index (χ3v) is 2.58. The second-order valence-corrected chi connectivity index (χ2v) is 4.98. The van der Waals surface area contributed by atoms with Crippen molar-refractivity contribution in [3.05, 3.63) is 35.9 Å². The van der Waals surface area contributed by atoms with E-state index < -0.39 is 0 Å². The van der Waals surface area contributed by atoms with Gasteiger partial charge in [-0.2, -0.15) is 0 Å². The van der Waals surface area contributed by atoms with Gasteiger partial charge in [-0.25, -0.2) is 0 Å². The predicted molar refractivity (Wildman–Crippen MR) is 76.8 cm³/mol. The molecule has 20 heavy (non-hydrogen) atoms. The molecule has 2 aromatic heterocycles. The number of nitrogens with zero attached hydrogens (tertiary/aromatic N) is 2.